The maximum absolute atomic E-state index is 10.8. The molecule has 1 N–H and O–H groups in total. The largest absolute Gasteiger partial charge is 0.489 e. The van der Waals surface area contributed by atoms with Crippen LogP contribution in [0.3, 0.4) is 0 Å². The van der Waals surface area contributed by atoms with Crippen LogP contribution < -0.4 is 10.1 Å². The number of rotatable bonds is 5. The van der Waals surface area contributed by atoms with Crippen molar-refractivity contribution in [1.82, 2.24) is 4.98 Å². The van der Waals surface area contributed by atoms with Gasteiger partial charge < -0.3 is 10.1 Å². The Bertz CT molecular complexity index is 617. The summed E-state index contributed by atoms with van der Waals surface area (Å²) < 4.78 is 6.14. The summed E-state index contributed by atoms with van der Waals surface area (Å²) in [5.41, 5.74) is 0.865. The topological polar surface area (TPSA) is 77.3 Å². The van der Waals surface area contributed by atoms with Gasteiger partial charge in [0.2, 0.25) is 0 Å². The normalized spacial score (nSPS) is 10.1. The highest BCUT2D eigenvalue weighted by Gasteiger charge is 2.09. The van der Waals surface area contributed by atoms with Crippen LogP contribution in [0.4, 0.5) is 11.5 Å². The molecule has 6 nitrogen and oxygen atoms in total. The molecule has 2 rings (SSSR count). The monoisotopic (exact) mass is 337 g/mol. The Hall–Kier alpha value is -2.15. The van der Waals surface area contributed by atoms with E-state index in [-0.39, 0.29) is 5.69 Å². The molecule has 0 saturated carbocycles. The average molecular weight is 338 g/mol. The van der Waals surface area contributed by atoms with Crippen LogP contribution in [0.25, 0.3) is 0 Å². The molecule has 0 bridgehead atoms. The molecule has 0 atom stereocenters. The van der Waals surface area contributed by atoms with Gasteiger partial charge in [-0.25, -0.2) is 4.98 Å². The van der Waals surface area contributed by atoms with Gasteiger partial charge in [-0.3, -0.25) is 10.1 Å². The second-order valence-corrected chi connectivity index (χ2v) is 4.91. The fraction of sp³-hybridized carbons (Fsp3) is 0.154. The molecule has 0 amide bonds. The number of anilines is 1. The van der Waals surface area contributed by atoms with Gasteiger partial charge in [-0.05, 0) is 12.1 Å². The maximum Gasteiger partial charge on any atom is 0.274 e. The zero-order chi connectivity index (χ0) is 14.5. The molecule has 0 aliphatic heterocycles. The molecule has 7 heteroatoms. The predicted octanol–water partition coefficient (Wildman–Crippen LogP) is 3.37. The summed E-state index contributed by atoms with van der Waals surface area (Å²) in [4.78, 5) is 14.5. The number of benzene rings is 1. The minimum Gasteiger partial charge on any atom is -0.489 e. The third-order valence-electron chi connectivity index (χ3n) is 2.55. The smallest absolute Gasteiger partial charge is 0.274 e. The van der Waals surface area contributed by atoms with Gasteiger partial charge in [-0.1, -0.05) is 22.0 Å². The van der Waals surface area contributed by atoms with E-state index in [9.17, 15) is 10.1 Å². The number of pyridine rings is 1. The Balaban J connectivity index is 2.08. The zero-order valence-electron chi connectivity index (χ0n) is 10.7. The van der Waals surface area contributed by atoms with E-state index in [0.29, 0.717) is 16.8 Å². The fourth-order valence-corrected chi connectivity index (χ4v) is 2.02. The summed E-state index contributed by atoms with van der Waals surface area (Å²) in [7, 11) is 1.79. The number of nitro benzene ring substituents is 1. The van der Waals surface area contributed by atoms with Crippen LogP contribution >= 0.6 is 15.9 Å². The van der Waals surface area contributed by atoms with Gasteiger partial charge >= 0.3 is 0 Å². The maximum atomic E-state index is 10.8. The first-order valence-corrected chi connectivity index (χ1v) is 6.58. The Morgan fingerprint density at radius 1 is 1.40 bits per heavy atom. The predicted molar refractivity (Wildman–Crippen MR) is 78.9 cm³/mol. The lowest BCUT2D eigenvalue weighted by molar-refractivity contribution is -0.385. The van der Waals surface area contributed by atoms with Crippen LogP contribution in [-0.4, -0.2) is 17.0 Å². The van der Waals surface area contributed by atoms with Gasteiger partial charge in [-0.15, -0.1) is 0 Å². The number of ether oxygens (including phenoxy) is 1. The van der Waals surface area contributed by atoms with Crippen molar-refractivity contribution < 1.29 is 9.66 Å². The SMILES string of the molecule is CNc1ccc(COc2cc(Br)cc([N+](=O)[O-])c2)cn1. The van der Waals surface area contributed by atoms with E-state index in [2.05, 4.69) is 26.2 Å². The second kappa shape index (κ2) is 6.33. The van der Waals surface area contributed by atoms with E-state index in [0.717, 1.165) is 11.4 Å². The van der Waals surface area contributed by atoms with E-state index in [1.54, 1.807) is 19.3 Å². The Kier molecular flexibility index (Phi) is 4.52. The molecule has 0 aliphatic carbocycles. The van der Waals surface area contributed by atoms with Crippen molar-refractivity contribution in [2.45, 2.75) is 6.61 Å². The van der Waals surface area contributed by atoms with Gasteiger partial charge in [0.15, 0.2) is 0 Å². The number of hydrogen-bond donors (Lipinski definition) is 1. The Morgan fingerprint density at radius 2 is 2.20 bits per heavy atom. The highest BCUT2D eigenvalue weighted by molar-refractivity contribution is 9.10. The van der Waals surface area contributed by atoms with Crippen LogP contribution in [0.2, 0.25) is 0 Å². The number of hydrogen-bond acceptors (Lipinski definition) is 5. The molecule has 0 aliphatic rings. The van der Waals surface area contributed by atoms with E-state index in [1.165, 1.54) is 12.1 Å². The second-order valence-electron chi connectivity index (χ2n) is 3.99. The highest BCUT2D eigenvalue weighted by atomic mass is 79.9. The van der Waals surface area contributed by atoms with Crippen molar-refractivity contribution in [3.05, 3.63) is 56.7 Å². The first-order valence-electron chi connectivity index (χ1n) is 5.79. The van der Waals surface area contributed by atoms with Crippen LogP contribution in [0.5, 0.6) is 5.75 Å². The molecule has 0 fully saturated rings. The van der Waals surface area contributed by atoms with Gasteiger partial charge in [0.1, 0.15) is 18.2 Å². The quantitative estimate of drug-likeness (QED) is 0.668. The van der Waals surface area contributed by atoms with Crippen molar-refractivity contribution in [2.24, 2.45) is 0 Å². The lowest BCUT2D eigenvalue weighted by Gasteiger charge is -2.07. The fourth-order valence-electron chi connectivity index (χ4n) is 1.56. The number of halogens is 1. The van der Waals surface area contributed by atoms with Crippen LogP contribution in [-0.2, 0) is 6.61 Å². The number of aromatic nitrogens is 1. The molecule has 20 heavy (non-hydrogen) atoms. The van der Waals surface area contributed by atoms with Crippen molar-refractivity contribution in [2.75, 3.05) is 12.4 Å². The summed E-state index contributed by atoms with van der Waals surface area (Å²) in [6.07, 6.45) is 1.69. The third kappa shape index (κ3) is 3.67. The number of nitrogens with zero attached hydrogens (tertiary/aromatic N) is 2. The van der Waals surface area contributed by atoms with E-state index >= 15 is 0 Å². The number of nitrogens with one attached hydrogen (secondary N) is 1. The van der Waals surface area contributed by atoms with Gasteiger partial charge in [0, 0.05) is 29.3 Å². The zero-order valence-corrected chi connectivity index (χ0v) is 12.3. The van der Waals surface area contributed by atoms with Crippen LogP contribution in [0.1, 0.15) is 5.56 Å². The average Bonchev–Trinajstić information content (AvgIpc) is 2.45. The van der Waals surface area contributed by atoms with Crippen molar-refractivity contribution in [3.63, 3.8) is 0 Å². The van der Waals surface area contributed by atoms with Crippen LogP contribution in [0.15, 0.2) is 41.0 Å². The summed E-state index contributed by atoms with van der Waals surface area (Å²) in [6.45, 7) is 0.296. The van der Waals surface area contributed by atoms with E-state index < -0.39 is 4.92 Å². The Morgan fingerprint density at radius 3 is 2.80 bits per heavy atom. The summed E-state index contributed by atoms with van der Waals surface area (Å²) in [6, 6.07) is 8.21. The van der Waals surface area contributed by atoms with Crippen LogP contribution in [0, 0.1) is 10.1 Å². The molecular formula is C13H12BrN3O3. The van der Waals surface area contributed by atoms with E-state index in [4.69, 9.17) is 4.74 Å². The summed E-state index contributed by atoms with van der Waals surface area (Å²) >= 11 is 3.22. The first-order chi connectivity index (χ1) is 9.58. The third-order valence-corrected chi connectivity index (χ3v) is 3.01. The molecule has 0 radical (unpaired) electrons. The molecule has 0 saturated heterocycles. The molecule has 1 heterocycles. The van der Waals surface area contributed by atoms with Gasteiger partial charge in [0.05, 0.1) is 11.0 Å². The minimum atomic E-state index is -0.457. The first kappa shape index (κ1) is 14.3. The molecule has 104 valence electrons. The molecule has 1 aromatic heterocycles. The highest BCUT2D eigenvalue weighted by Crippen LogP contribution is 2.26. The van der Waals surface area contributed by atoms with Gasteiger partial charge in [-0.2, -0.15) is 0 Å². The Labute approximate surface area is 124 Å². The molecule has 2 aromatic rings. The lowest BCUT2D eigenvalue weighted by atomic mass is 10.3. The van der Waals surface area contributed by atoms with Crippen molar-refractivity contribution in [1.29, 1.82) is 0 Å². The van der Waals surface area contributed by atoms with Gasteiger partial charge in [0.25, 0.3) is 5.69 Å². The molecule has 0 unspecified atom stereocenters. The van der Waals surface area contributed by atoms with E-state index in [1.807, 2.05) is 12.1 Å². The number of non-ortho nitro benzene ring substituents is 1. The lowest BCUT2D eigenvalue weighted by Crippen LogP contribution is -1.98. The molecular weight excluding hydrogens is 326 g/mol. The summed E-state index contributed by atoms with van der Waals surface area (Å²) in [5.74, 6) is 1.20. The summed E-state index contributed by atoms with van der Waals surface area (Å²) in [5, 5.41) is 13.7. The standard InChI is InChI=1S/C13H12BrN3O3/c1-15-13-3-2-9(7-16-13)8-20-12-5-10(14)4-11(6-12)17(18)19/h2-7H,8H2,1H3,(H,15,16). The molecule has 1 aromatic carbocycles. The number of nitro groups is 1. The van der Waals surface area contributed by atoms with Crippen molar-refractivity contribution in [3.8, 4) is 5.75 Å². The van der Waals surface area contributed by atoms with Crippen molar-refractivity contribution >= 4 is 27.4 Å². The molecule has 0 spiro atoms. The minimum absolute atomic E-state index is 0.0157.